The lowest BCUT2D eigenvalue weighted by molar-refractivity contribution is -0.135. The van der Waals surface area contributed by atoms with Gasteiger partial charge in [0.2, 0.25) is 5.91 Å². The first-order chi connectivity index (χ1) is 13.7. The van der Waals surface area contributed by atoms with Gasteiger partial charge in [-0.25, -0.2) is 4.79 Å². The largest absolute Gasteiger partial charge is 0.459 e. The van der Waals surface area contributed by atoms with E-state index in [0.717, 1.165) is 19.4 Å². The molecule has 1 fully saturated rings. The summed E-state index contributed by atoms with van der Waals surface area (Å²) in [5.41, 5.74) is 2.13. The molecule has 0 spiro atoms. The molecule has 0 aliphatic carbocycles. The van der Waals surface area contributed by atoms with Crippen LogP contribution in [0.25, 0.3) is 0 Å². The number of likely N-dealkylation sites (tertiary alicyclic amines) is 1. The van der Waals surface area contributed by atoms with Crippen molar-refractivity contribution in [3.63, 3.8) is 0 Å². The predicted octanol–water partition coefficient (Wildman–Crippen LogP) is 3.31. The van der Waals surface area contributed by atoms with Gasteiger partial charge in [0.25, 0.3) is 5.91 Å². The van der Waals surface area contributed by atoms with Crippen LogP contribution in [0.15, 0.2) is 0 Å². The molecule has 0 saturated carbocycles. The van der Waals surface area contributed by atoms with Gasteiger partial charge in [0.15, 0.2) is 0 Å². The third kappa shape index (κ3) is 5.40. The summed E-state index contributed by atoms with van der Waals surface area (Å²) in [6.07, 6.45) is 3.19. The standard InChI is InChI=1S/C22H35N3O4/c1-7-8-11-24(6)20(26)17-9-12-25(13-10-17)21(27)19-15(4)18(16(5)23-19)22(28)29-14(2)3/h14,17,23H,7-13H2,1-6H3. The molecule has 2 amide bonds. The van der Waals surface area contributed by atoms with E-state index in [1.807, 2.05) is 11.9 Å². The topological polar surface area (TPSA) is 82.7 Å². The number of amides is 2. The third-order valence-corrected chi connectivity index (χ3v) is 5.55. The maximum absolute atomic E-state index is 13.0. The van der Waals surface area contributed by atoms with Crippen LogP contribution in [-0.4, -0.2) is 65.4 Å². The first kappa shape index (κ1) is 23.0. The van der Waals surface area contributed by atoms with Crippen molar-refractivity contribution in [2.24, 2.45) is 5.92 Å². The molecule has 1 aliphatic rings. The molecule has 1 aliphatic heterocycles. The number of ether oxygens (including phenoxy) is 1. The van der Waals surface area contributed by atoms with Crippen molar-refractivity contribution in [3.05, 3.63) is 22.5 Å². The van der Waals surface area contributed by atoms with Crippen molar-refractivity contribution >= 4 is 17.8 Å². The summed E-state index contributed by atoms with van der Waals surface area (Å²) in [4.78, 5) is 44.6. The highest BCUT2D eigenvalue weighted by Gasteiger charge is 2.32. The fraction of sp³-hybridized carbons (Fsp3) is 0.682. The van der Waals surface area contributed by atoms with Crippen LogP contribution in [-0.2, 0) is 9.53 Å². The van der Waals surface area contributed by atoms with Gasteiger partial charge in [-0.15, -0.1) is 0 Å². The van der Waals surface area contributed by atoms with E-state index < -0.39 is 5.97 Å². The van der Waals surface area contributed by atoms with Crippen molar-refractivity contribution in [2.45, 2.75) is 66.4 Å². The molecule has 7 nitrogen and oxygen atoms in total. The number of rotatable bonds is 7. The highest BCUT2D eigenvalue weighted by molar-refractivity contribution is 6.00. The van der Waals surface area contributed by atoms with E-state index in [1.165, 1.54) is 0 Å². The fourth-order valence-electron chi connectivity index (χ4n) is 3.85. The van der Waals surface area contributed by atoms with Gasteiger partial charge in [0.05, 0.1) is 11.7 Å². The molecule has 1 aromatic rings. The van der Waals surface area contributed by atoms with Crippen LogP contribution in [0.2, 0.25) is 0 Å². The number of hydrogen-bond acceptors (Lipinski definition) is 4. The third-order valence-electron chi connectivity index (χ3n) is 5.55. The summed E-state index contributed by atoms with van der Waals surface area (Å²) in [6, 6.07) is 0. The van der Waals surface area contributed by atoms with E-state index in [4.69, 9.17) is 4.74 Å². The molecule has 1 aromatic heterocycles. The Morgan fingerprint density at radius 3 is 2.38 bits per heavy atom. The second-order valence-electron chi connectivity index (χ2n) is 8.26. The van der Waals surface area contributed by atoms with Gasteiger partial charge in [0.1, 0.15) is 5.69 Å². The average Bonchev–Trinajstić information content (AvgIpc) is 2.98. The molecule has 0 radical (unpaired) electrons. The van der Waals surface area contributed by atoms with Crippen molar-refractivity contribution < 1.29 is 19.1 Å². The normalized spacial score (nSPS) is 14.9. The zero-order valence-electron chi connectivity index (χ0n) is 18.6. The number of nitrogens with zero attached hydrogens (tertiary/aromatic N) is 2. The van der Waals surface area contributed by atoms with Crippen molar-refractivity contribution in [2.75, 3.05) is 26.7 Å². The Balaban J connectivity index is 2.03. The summed E-state index contributed by atoms with van der Waals surface area (Å²) < 4.78 is 5.30. The zero-order chi connectivity index (χ0) is 21.7. The van der Waals surface area contributed by atoms with Gasteiger partial charge in [0, 0.05) is 38.3 Å². The number of nitrogens with one attached hydrogen (secondary N) is 1. The van der Waals surface area contributed by atoms with Gasteiger partial charge >= 0.3 is 5.97 Å². The Kier molecular flexibility index (Phi) is 7.88. The number of hydrogen-bond donors (Lipinski definition) is 1. The fourth-order valence-corrected chi connectivity index (χ4v) is 3.85. The minimum Gasteiger partial charge on any atom is -0.459 e. The van der Waals surface area contributed by atoms with Crippen molar-refractivity contribution in [3.8, 4) is 0 Å². The Bertz CT molecular complexity index is 745. The van der Waals surface area contributed by atoms with Crippen molar-refractivity contribution in [1.29, 1.82) is 0 Å². The van der Waals surface area contributed by atoms with E-state index in [1.54, 1.807) is 32.6 Å². The number of H-pyrrole nitrogens is 1. The van der Waals surface area contributed by atoms with Gasteiger partial charge in [-0.05, 0) is 52.5 Å². The quantitative estimate of drug-likeness (QED) is 0.706. The highest BCUT2D eigenvalue weighted by Crippen LogP contribution is 2.24. The number of aromatic amines is 1. The van der Waals surface area contributed by atoms with Crippen LogP contribution < -0.4 is 0 Å². The number of carbonyl (C=O) groups is 3. The Hall–Kier alpha value is -2.31. The molecule has 162 valence electrons. The molecule has 2 rings (SSSR count). The summed E-state index contributed by atoms with van der Waals surface area (Å²) in [6.45, 7) is 11.1. The van der Waals surface area contributed by atoms with E-state index in [9.17, 15) is 14.4 Å². The molecular formula is C22H35N3O4. The second-order valence-corrected chi connectivity index (χ2v) is 8.26. The Labute approximate surface area is 173 Å². The van der Waals surface area contributed by atoms with Gasteiger partial charge in [-0.3, -0.25) is 9.59 Å². The summed E-state index contributed by atoms with van der Waals surface area (Å²) in [5, 5.41) is 0. The van der Waals surface area contributed by atoms with Crippen LogP contribution in [0.3, 0.4) is 0 Å². The molecule has 29 heavy (non-hydrogen) atoms. The lowest BCUT2D eigenvalue weighted by Crippen LogP contribution is -2.43. The monoisotopic (exact) mass is 405 g/mol. The minimum absolute atomic E-state index is 0.0241. The lowest BCUT2D eigenvalue weighted by atomic mass is 9.95. The average molecular weight is 406 g/mol. The molecule has 1 saturated heterocycles. The smallest absolute Gasteiger partial charge is 0.340 e. The molecular weight excluding hydrogens is 370 g/mol. The summed E-state index contributed by atoms with van der Waals surface area (Å²) in [7, 11) is 1.86. The highest BCUT2D eigenvalue weighted by atomic mass is 16.5. The molecule has 0 bridgehead atoms. The molecule has 2 heterocycles. The molecule has 0 unspecified atom stereocenters. The lowest BCUT2D eigenvalue weighted by Gasteiger charge is -2.33. The molecule has 0 atom stereocenters. The van der Waals surface area contributed by atoms with Crippen LogP contribution in [0.1, 0.15) is 78.6 Å². The van der Waals surface area contributed by atoms with E-state index >= 15 is 0 Å². The first-order valence-corrected chi connectivity index (χ1v) is 10.6. The zero-order valence-corrected chi connectivity index (χ0v) is 18.6. The maximum atomic E-state index is 13.0. The van der Waals surface area contributed by atoms with Crippen LogP contribution >= 0.6 is 0 Å². The number of aryl methyl sites for hydroxylation is 1. The Morgan fingerprint density at radius 1 is 1.21 bits per heavy atom. The summed E-state index contributed by atoms with van der Waals surface area (Å²) in [5.74, 6) is -0.385. The van der Waals surface area contributed by atoms with Crippen LogP contribution in [0, 0.1) is 19.8 Å². The SMILES string of the molecule is CCCCN(C)C(=O)C1CCN(C(=O)c2[nH]c(C)c(C(=O)OC(C)C)c2C)CC1. The van der Waals surface area contributed by atoms with Gasteiger partial charge < -0.3 is 19.5 Å². The number of unbranched alkanes of at least 4 members (excludes halogenated alkanes) is 1. The van der Waals surface area contributed by atoms with Gasteiger partial charge in [-0.2, -0.15) is 0 Å². The number of esters is 1. The molecule has 1 N–H and O–H groups in total. The first-order valence-electron chi connectivity index (χ1n) is 10.6. The maximum Gasteiger partial charge on any atom is 0.340 e. The molecule has 7 heteroatoms. The van der Waals surface area contributed by atoms with E-state index in [0.29, 0.717) is 48.4 Å². The second kappa shape index (κ2) is 9.94. The van der Waals surface area contributed by atoms with Crippen molar-refractivity contribution in [1.82, 2.24) is 14.8 Å². The van der Waals surface area contributed by atoms with E-state index in [-0.39, 0.29) is 23.8 Å². The van der Waals surface area contributed by atoms with Gasteiger partial charge in [-0.1, -0.05) is 13.3 Å². The number of piperidine rings is 1. The predicted molar refractivity (Wildman–Crippen MR) is 112 cm³/mol. The minimum atomic E-state index is -0.412. The number of carbonyl (C=O) groups excluding carboxylic acids is 3. The summed E-state index contributed by atoms with van der Waals surface area (Å²) >= 11 is 0. The van der Waals surface area contributed by atoms with E-state index in [2.05, 4.69) is 11.9 Å². The number of aromatic nitrogens is 1. The Morgan fingerprint density at radius 2 is 1.83 bits per heavy atom. The molecule has 0 aromatic carbocycles. The van der Waals surface area contributed by atoms with Crippen LogP contribution in [0.4, 0.5) is 0 Å². The van der Waals surface area contributed by atoms with Crippen LogP contribution in [0.5, 0.6) is 0 Å².